The van der Waals surface area contributed by atoms with Crippen molar-refractivity contribution in [1.29, 1.82) is 0 Å². The molecule has 1 aromatic rings. The molecule has 0 radical (unpaired) electrons. The molecule has 1 aromatic heterocycles. The van der Waals surface area contributed by atoms with Crippen molar-refractivity contribution in [3.63, 3.8) is 0 Å². The Kier molecular flexibility index (Phi) is 8.21. The van der Waals surface area contributed by atoms with Crippen molar-refractivity contribution in [3.05, 3.63) is 23.9 Å². The van der Waals surface area contributed by atoms with E-state index in [4.69, 9.17) is 4.74 Å². The van der Waals surface area contributed by atoms with Gasteiger partial charge >= 0.3 is 0 Å². The summed E-state index contributed by atoms with van der Waals surface area (Å²) in [6, 6.07) is 4.28. The lowest BCUT2D eigenvalue weighted by Gasteiger charge is -2.22. The van der Waals surface area contributed by atoms with Crippen LogP contribution in [-0.2, 0) is 11.3 Å². The van der Waals surface area contributed by atoms with E-state index in [9.17, 15) is 0 Å². The third kappa shape index (κ3) is 6.69. The molecule has 6 nitrogen and oxygen atoms in total. The molecule has 0 amide bonds. The highest BCUT2D eigenvalue weighted by Crippen LogP contribution is 2.20. The maximum absolute atomic E-state index is 5.97. The van der Waals surface area contributed by atoms with Crippen molar-refractivity contribution >= 4 is 11.8 Å². The third-order valence-electron chi connectivity index (χ3n) is 5.44. The second-order valence-electron chi connectivity index (χ2n) is 7.56. The molecule has 1 aliphatic heterocycles. The van der Waals surface area contributed by atoms with E-state index in [0.29, 0.717) is 6.10 Å². The zero-order valence-corrected chi connectivity index (χ0v) is 16.8. The Morgan fingerprint density at radius 2 is 1.96 bits per heavy atom. The molecule has 2 fully saturated rings. The number of rotatable bonds is 8. The molecule has 0 aromatic carbocycles. The highest BCUT2D eigenvalue weighted by atomic mass is 16.5. The minimum atomic E-state index is 0.493. The Morgan fingerprint density at radius 3 is 2.67 bits per heavy atom. The lowest BCUT2D eigenvalue weighted by atomic mass is 9.98. The first kappa shape index (κ1) is 19.9. The van der Waals surface area contributed by atoms with Gasteiger partial charge in [0.2, 0.25) is 0 Å². The second-order valence-corrected chi connectivity index (χ2v) is 7.56. The van der Waals surface area contributed by atoms with Crippen molar-refractivity contribution in [3.8, 4) is 0 Å². The van der Waals surface area contributed by atoms with Crippen LogP contribution in [0.4, 0.5) is 5.82 Å². The molecule has 1 saturated heterocycles. The van der Waals surface area contributed by atoms with Crippen molar-refractivity contribution in [2.45, 2.75) is 64.0 Å². The van der Waals surface area contributed by atoms with Gasteiger partial charge in [0, 0.05) is 46.0 Å². The van der Waals surface area contributed by atoms with Crippen LogP contribution < -0.4 is 15.5 Å². The van der Waals surface area contributed by atoms with Gasteiger partial charge in [-0.15, -0.1) is 0 Å². The Hall–Kier alpha value is -1.82. The monoisotopic (exact) mass is 373 g/mol. The van der Waals surface area contributed by atoms with E-state index in [2.05, 4.69) is 37.6 Å². The second kappa shape index (κ2) is 11.1. The number of nitrogens with zero attached hydrogens (tertiary/aromatic N) is 3. The molecule has 0 spiro atoms. The van der Waals surface area contributed by atoms with Crippen LogP contribution in [0.25, 0.3) is 0 Å². The standard InChI is InChI=1S/C21H35N5O/c1-22-21(23-12-7-15-27-19-8-3-2-4-9-19)25-17-18-10-11-20(24-16-18)26-13-5-6-14-26/h10-11,16,19H,2-9,12-15,17H2,1H3,(H2,22,23,25). The van der Waals surface area contributed by atoms with Crippen molar-refractivity contribution < 1.29 is 4.74 Å². The first-order chi connectivity index (χ1) is 13.3. The topological polar surface area (TPSA) is 61.8 Å². The number of anilines is 1. The number of hydrogen-bond donors (Lipinski definition) is 2. The van der Waals surface area contributed by atoms with Crippen molar-refractivity contribution in [1.82, 2.24) is 15.6 Å². The molecular formula is C21H35N5O. The van der Waals surface area contributed by atoms with Crippen LogP contribution in [0.3, 0.4) is 0 Å². The fraction of sp³-hybridized carbons (Fsp3) is 0.714. The Bertz CT molecular complexity index is 562. The predicted molar refractivity (Wildman–Crippen MR) is 111 cm³/mol. The van der Waals surface area contributed by atoms with E-state index in [1.165, 1.54) is 50.5 Å². The van der Waals surface area contributed by atoms with Gasteiger partial charge in [-0.3, -0.25) is 4.99 Å². The lowest BCUT2D eigenvalue weighted by molar-refractivity contribution is 0.0277. The molecular weight excluding hydrogens is 338 g/mol. The molecule has 2 heterocycles. The molecule has 6 heteroatoms. The number of nitrogens with one attached hydrogen (secondary N) is 2. The largest absolute Gasteiger partial charge is 0.378 e. The summed E-state index contributed by atoms with van der Waals surface area (Å²) in [5.41, 5.74) is 1.17. The van der Waals surface area contributed by atoms with Crippen molar-refractivity contribution in [2.24, 2.45) is 4.99 Å². The van der Waals surface area contributed by atoms with Gasteiger partial charge < -0.3 is 20.3 Å². The number of pyridine rings is 1. The van der Waals surface area contributed by atoms with Crippen LogP contribution in [0, 0.1) is 0 Å². The van der Waals surface area contributed by atoms with Crippen LogP contribution in [0.5, 0.6) is 0 Å². The van der Waals surface area contributed by atoms with E-state index in [1.807, 2.05) is 13.2 Å². The summed E-state index contributed by atoms with van der Waals surface area (Å²) in [5.74, 6) is 1.92. The SMILES string of the molecule is CN=C(NCCCOC1CCCCC1)NCc1ccc(N2CCCC2)nc1. The number of aliphatic imine (C=N–C) groups is 1. The third-order valence-corrected chi connectivity index (χ3v) is 5.44. The van der Waals surface area contributed by atoms with Crippen LogP contribution in [-0.4, -0.2) is 50.3 Å². The summed E-state index contributed by atoms with van der Waals surface area (Å²) in [5, 5.41) is 6.72. The highest BCUT2D eigenvalue weighted by molar-refractivity contribution is 5.79. The van der Waals surface area contributed by atoms with E-state index in [1.54, 1.807) is 0 Å². The average Bonchev–Trinajstić information content (AvgIpc) is 3.26. The predicted octanol–water partition coefficient (Wildman–Crippen LogP) is 3.09. The van der Waals surface area contributed by atoms with Crippen LogP contribution in [0.2, 0.25) is 0 Å². The number of aromatic nitrogens is 1. The van der Waals surface area contributed by atoms with E-state index in [0.717, 1.165) is 51.0 Å². The lowest BCUT2D eigenvalue weighted by Crippen LogP contribution is -2.37. The van der Waals surface area contributed by atoms with Gasteiger partial charge in [0.15, 0.2) is 5.96 Å². The maximum Gasteiger partial charge on any atom is 0.191 e. The molecule has 2 aliphatic rings. The summed E-state index contributed by atoms with van der Waals surface area (Å²) in [7, 11) is 1.81. The smallest absolute Gasteiger partial charge is 0.191 e. The summed E-state index contributed by atoms with van der Waals surface area (Å²) in [6.07, 6.45) is 12.5. The van der Waals surface area contributed by atoms with Crippen LogP contribution >= 0.6 is 0 Å². The summed E-state index contributed by atoms with van der Waals surface area (Å²) in [6.45, 7) is 4.69. The number of hydrogen-bond acceptors (Lipinski definition) is 4. The zero-order valence-electron chi connectivity index (χ0n) is 16.8. The number of ether oxygens (including phenoxy) is 1. The molecule has 0 bridgehead atoms. The van der Waals surface area contributed by atoms with Crippen LogP contribution in [0.15, 0.2) is 23.3 Å². The molecule has 1 aliphatic carbocycles. The van der Waals surface area contributed by atoms with Gasteiger partial charge in [0.25, 0.3) is 0 Å². The quantitative estimate of drug-likeness (QED) is 0.417. The van der Waals surface area contributed by atoms with Gasteiger partial charge in [-0.25, -0.2) is 4.98 Å². The van der Waals surface area contributed by atoms with E-state index < -0.39 is 0 Å². The Morgan fingerprint density at radius 1 is 1.15 bits per heavy atom. The van der Waals surface area contributed by atoms with Gasteiger partial charge in [-0.05, 0) is 43.7 Å². The van der Waals surface area contributed by atoms with E-state index >= 15 is 0 Å². The fourth-order valence-electron chi connectivity index (χ4n) is 3.82. The normalized spacial score (nSPS) is 18.7. The number of guanidine groups is 1. The molecule has 2 N–H and O–H groups in total. The summed E-state index contributed by atoms with van der Waals surface area (Å²) < 4.78 is 5.97. The molecule has 150 valence electrons. The highest BCUT2D eigenvalue weighted by Gasteiger charge is 2.14. The maximum atomic E-state index is 5.97. The van der Waals surface area contributed by atoms with Crippen LogP contribution in [0.1, 0.15) is 56.9 Å². The summed E-state index contributed by atoms with van der Waals surface area (Å²) >= 11 is 0. The summed E-state index contributed by atoms with van der Waals surface area (Å²) in [4.78, 5) is 11.3. The van der Waals surface area contributed by atoms with Gasteiger partial charge in [0.05, 0.1) is 6.10 Å². The molecule has 3 rings (SSSR count). The first-order valence-corrected chi connectivity index (χ1v) is 10.6. The van der Waals surface area contributed by atoms with Crippen molar-refractivity contribution in [2.75, 3.05) is 38.2 Å². The first-order valence-electron chi connectivity index (χ1n) is 10.6. The average molecular weight is 374 g/mol. The fourth-order valence-corrected chi connectivity index (χ4v) is 3.82. The molecule has 27 heavy (non-hydrogen) atoms. The molecule has 0 atom stereocenters. The van der Waals surface area contributed by atoms with Gasteiger partial charge in [0.1, 0.15) is 5.82 Å². The van der Waals surface area contributed by atoms with Gasteiger partial charge in [-0.1, -0.05) is 25.3 Å². The van der Waals surface area contributed by atoms with Gasteiger partial charge in [-0.2, -0.15) is 0 Å². The molecule has 1 saturated carbocycles. The Balaban J connectivity index is 1.30. The Labute approximate surface area is 163 Å². The zero-order chi connectivity index (χ0) is 18.7. The van der Waals surface area contributed by atoms with E-state index in [-0.39, 0.29) is 0 Å². The minimum absolute atomic E-state index is 0.493. The minimum Gasteiger partial charge on any atom is -0.378 e. The molecule has 0 unspecified atom stereocenters.